The highest BCUT2D eigenvalue weighted by Crippen LogP contribution is 2.26. The van der Waals surface area contributed by atoms with E-state index in [1.165, 1.54) is 0 Å². The van der Waals surface area contributed by atoms with Crippen molar-refractivity contribution in [2.75, 3.05) is 43.6 Å². The number of fused-ring (bicyclic) bond motifs is 1. The van der Waals surface area contributed by atoms with Crippen molar-refractivity contribution in [2.45, 2.75) is 13.3 Å². The van der Waals surface area contributed by atoms with E-state index in [-0.39, 0.29) is 0 Å². The van der Waals surface area contributed by atoms with E-state index in [2.05, 4.69) is 38.7 Å². The normalized spacial score (nSPS) is 16.4. The Kier molecular flexibility index (Phi) is 4.29. The third-order valence-electron chi connectivity index (χ3n) is 3.13. The topological polar surface area (TPSA) is 62.3 Å². The lowest BCUT2D eigenvalue weighted by Crippen LogP contribution is -2.40. The molecule has 2 aromatic heterocycles. The van der Waals surface area contributed by atoms with Crippen LogP contribution in [0.2, 0.25) is 0 Å². The van der Waals surface area contributed by atoms with E-state index >= 15 is 0 Å². The molecule has 0 radical (unpaired) electrons. The van der Waals surface area contributed by atoms with Gasteiger partial charge in [0, 0.05) is 19.6 Å². The molecule has 0 unspecified atom stereocenters. The molecular weight excluding hydrogens is 274 g/mol. The summed E-state index contributed by atoms with van der Waals surface area (Å²) in [5, 5.41) is 8.52. The molecule has 1 saturated heterocycles. The molecule has 7 heteroatoms. The van der Waals surface area contributed by atoms with Crippen LogP contribution in [0.1, 0.15) is 13.3 Å². The number of nitrogens with zero attached hydrogens (tertiary/aromatic N) is 3. The van der Waals surface area contributed by atoms with Crippen LogP contribution in [0.25, 0.3) is 10.2 Å². The second kappa shape index (κ2) is 6.34. The maximum Gasteiger partial charge on any atom is 0.226 e. The van der Waals surface area contributed by atoms with Gasteiger partial charge in [-0.05, 0) is 17.9 Å². The van der Waals surface area contributed by atoms with Gasteiger partial charge in [-0.1, -0.05) is 6.92 Å². The van der Waals surface area contributed by atoms with Gasteiger partial charge in [0.2, 0.25) is 5.95 Å². The van der Waals surface area contributed by atoms with Gasteiger partial charge in [-0.25, -0.2) is 9.99 Å². The van der Waals surface area contributed by atoms with Gasteiger partial charge in [-0.15, -0.1) is 11.3 Å². The zero-order valence-corrected chi connectivity index (χ0v) is 12.4. The van der Waals surface area contributed by atoms with E-state index < -0.39 is 0 Å². The number of nitrogens with one attached hydrogen (secondary N) is 2. The summed E-state index contributed by atoms with van der Waals surface area (Å²) in [6, 6.07) is 2.06. The number of hydrogen-bond acceptors (Lipinski definition) is 7. The highest BCUT2D eigenvalue weighted by Gasteiger charge is 2.14. The van der Waals surface area contributed by atoms with Gasteiger partial charge >= 0.3 is 0 Å². The van der Waals surface area contributed by atoms with Crippen molar-refractivity contribution in [2.24, 2.45) is 0 Å². The zero-order valence-electron chi connectivity index (χ0n) is 11.6. The predicted octanol–water partition coefficient (Wildman–Crippen LogP) is 2.17. The quantitative estimate of drug-likeness (QED) is 0.881. The number of hydrogen-bond donors (Lipinski definition) is 2. The van der Waals surface area contributed by atoms with Crippen molar-refractivity contribution in [1.82, 2.24) is 15.0 Å². The first-order valence-electron chi connectivity index (χ1n) is 6.95. The molecule has 0 aromatic carbocycles. The Balaban J connectivity index is 1.84. The smallest absolute Gasteiger partial charge is 0.226 e. The van der Waals surface area contributed by atoms with Crippen molar-refractivity contribution in [3.05, 3.63) is 11.4 Å². The maximum absolute atomic E-state index is 5.36. The summed E-state index contributed by atoms with van der Waals surface area (Å²) in [6.45, 7) is 6.26. The largest absolute Gasteiger partial charge is 0.379 e. The van der Waals surface area contributed by atoms with Crippen LogP contribution >= 0.6 is 11.3 Å². The van der Waals surface area contributed by atoms with Crippen LogP contribution in [0.4, 0.5) is 11.8 Å². The van der Waals surface area contributed by atoms with Gasteiger partial charge in [-0.2, -0.15) is 4.98 Å². The molecule has 2 aromatic rings. The average molecular weight is 293 g/mol. The number of morpholine rings is 1. The predicted molar refractivity (Wildman–Crippen MR) is 82.2 cm³/mol. The van der Waals surface area contributed by atoms with Crippen LogP contribution in [-0.2, 0) is 4.74 Å². The Morgan fingerprint density at radius 1 is 1.35 bits per heavy atom. The van der Waals surface area contributed by atoms with Crippen LogP contribution in [0.3, 0.4) is 0 Å². The Bertz CT molecular complexity index is 567. The SMILES string of the molecule is CCCNc1nc(NN2CCOCC2)c2ccsc2n1. The Morgan fingerprint density at radius 3 is 3.00 bits per heavy atom. The Hall–Kier alpha value is -1.44. The lowest BCUT2D eigenvalue weighted by Gasteiger charge is -2.27. The van der Waals surface area contributed by atoms with E-state index in [0.29, 0.717) is 5.95 Å². The second-order valence-corrected chi connectivity index (χ2v) is 5.57. The molecule has 0 atom stereocenters. The number of ether oxygens (including phenoxy) is 1. The van der Waals surface area contributed by atoms with Crippen LogP contribution < -0.4 is 10.7 Å². The Labute approximate surface area is 122 Å². The third kappa shape index (κ3) is 3.00. The number of thiophene rings is 1. The van der Waals surface area contributed by atoms with Gasteiger partial charge in [0.25, 0.3) is 0 Å². The molecule has 3 heterocycles. The molecule has 108 valence electrons. The van der Waals surface area contributed by atoms with Crippen LogP contribution in [0, 0.1) is 0 Å². The lowest BCUT2D eigenvalue weighted by molar-refractivity contribution is 0.0495. The molecular formula is C13H19N5OS. The number of anilines is 2. The van der Waals surface area contributed by atoms with Crippen LogP contribution in [-0.4, -0.2) is 47.8 Å². The molecule has 0 aliphatic carbocycles. The van der Waals surface area contributed by atoms with Crippen molar-refractivity contribution >= 4 is 33.3 Å². The maximum atomic E-state index is 5.36. The van der Waals surface area contributed by atoms with Gasteiger partial charge in [0.1, 0.15) is 4.83 Å². The van der Waals surface area contributed by atoms with Crippen molar-refractivity contribution in [3.8, 4) is 0 Å². The minimum Gasteiger partial charge on any atom is -0.379 e. The summed E-state index contributed by atoms with van der Waals surface area (Å²) in [7, 11) is 0. The molecule has 1 aliphatic heterocycles. The molecule has 3 rings (SSSR count). The van der Waals surface area contributed by atoms with Gasteiger partial charge in [0.05, 0.1) is 18.6 Å². The summed E-state index contributed by atoms with van der Waals surface area (Å²) in [5.41, 5.74) is 3.40. The summed E-state index contributed by atoms with van der Waals surface area (Å²) in [6.07, 6.45) is 1.05. The third-order valence-corrected chi connectivity index (χ3v) is 3.94. The van der Waals surface area contributed by atoms with E-state index in [4.69, 9.17) is 4.74 Å². The lowest BCUT2D eigenvalue weighted by atomic mass is 10.4. The molecule has 1 aliphatic rings. The minimum atomic E-state index is 0.692. The molecule has 0 saturated carbocycles. The minimum absolute atomic E-state index is 0.692. The van der Waals surface area contributed by atoms with Crippen LogP contribution in [0.15, 0.2) is 11.4 Å². The van der Waals surface area contributed by atoms with E-state index in [1.54, 1.807) is 11.3 Å². The summed E-state index contributed by atoms with van der Waals surface area (Å²) >= 11 is 1.64. The first-order valence-corrected chi connectivity index (χ1v) is 7.83. The van der Waals surface area contributed by atoms with E-state index in [0.717, 1.165) is 55.3 Å². The fourth-order valence-electron chi connectivity index (χ4n) is 2.08. The Morgan fingerprint density at radius 2 is 2.20 bits per heavy atom. The molecule has 2 N–H and O–H groups in total. The van der Waals surface area contributed by atoms with Crippen LogP contribution in [0.5, 0.6) is 0 Å². The fourth-order valence-corrected chi connectivity index (χ4v) is 2.85. The molecule has 0 amide bonds. The highest BCUT2D eigenvalue weighted by molar-refractivity contribution is 7.16. The second-order valence-electron chi connectivity index (χ2n) is 4.67. The number of hydrazine groups is 1. The highest BCUT2D eigenvalue weighted by atomic mass is 32.1. The zero-order chi connectivity index (χ0) is 13.8. The standard InChI is InChI=1S/C13H19N5OS/c1-2-4-14-13-15-11(10-3-9-20-12(10)16-13)17-18-5-7-19-8-6-18/h3,9H,2,4-8H2,1H3,(H2,14,15,16,17). The summed E-state index contributed by atoms with van der Waals surface area (Å²) < 4.78 is 5.36. The molecule has 0 spiro atoms. The van der Waals surface area contributed by atoms with Gasteiger partial charge in [-0.3, -0.25) is 0 Å². The van der Waals surface area contributed by atoms with Gasteiger partial charge in [0.15, 0.2) is 5.82 Å². The summed E-state index contributed by atoms with van der Waals surface area (Å²) in [4.78, 5) is 10.1. The molecule has 20 heavy (non-hydrogen) atoms. The monoisotopic (exact) mass is 293 g/mol. The molecule has 0 bridgehead atoms. The first kappa shape index (κ1) is 13.5. The fraction of sp³-hybridized carbons (Fsp3) is 0.538. The van der Waals surface area contributed by atoms with E-state index in [1.807, 2.05) is 5.38 Å². The van der Waals surface area contributed by atoms with Crippen molar-refractivity contribution in [1.29, 1.82) is 0 Å². The van der Waals surface area contributed by atoms with Crippen molar-refractivity contribution < 1.29 is 4.74 Å². The molecule has 6 nitrogen and oxygen atoms in total. The average Bonchev–Trinajstić information content (AvgIpc) is 2.95. The summed E-state index contributed by atoms with van der Waals surface area (Å²) in [5.74, 6) is 1.56. The van der Waals surface area contributed by atoms with Crippen molar-refractivity contribution in [3.63, 3.8) is 0 Å². The first-order chi connectivity index (χ1) is 9.86. The number of aromatic nitrogens is 2. The van der Waals surface area contributed by atoms with E-state index in [9.17, 15) is 0 Å². The molecule has 1 fully saturated rings. The van der Waals surface area contributed by atoms with Gasteiger partial charge < -0.3 is 15.5 Å². The number of rotatable bonds is 5.